The van der Waals surface area contributed by atoms with Crippen LogP contribution in [0.4, 0.5) is 5.69 Å². The van der Waals surface area contributed by atoms with Crippen LogP contribution in [0.25, 0.3) is 20.8 Å². The van der Waals surface area contributed by atoms with Crippen molar-refractivity contribution < 1.29 is 0 Å². The molecule has 0 aliphatic heterocycles. The highest BCUT2D eigenvalue weighted by Crippen LogP contribution is 2.23. The van der Waals surface area contributed by atoms with Gasteiger partial charge in [0.25, 0.3) is 5.56 Å². The van der Waals surface area contributed by atoms with Crippen molar-refractivity contribution in [3.05, 3.63) is 77.1 Å². The van der Waals surface area contributed by atoms with Crippen molar-refractivity contribution >= 4 is 37.8 Å². The van der Waals surface area contributed by atoms with E-state index in [2.05, 4.69) is 21.4 Å². The van der Waals surface area contributed by atoms with Crippen LogP contribution in [0.1, 0.15) is 5.69 Å². The second kappa shape index (κ2) is 6.19. The molecule has 0 bridgehead atoms. The molecule has 0 amide bonds. The summed E-state index contributed by atoms with van der Waals surface area (Å²) in [5.41, 5.74) is 1.77. The lowest BCUT2D eigenvalue weighted by Gasteiger charge is -2.02. The van der Waals surface area contributed by atoms with E-state index in [1.165, 1.54) is 23.7 Å². The van der Waals surface area contributed by atoms with Crippen LogP contribution >= 0.6 is 11.3 Å². The second-order valence-electron chi connectivity index (χ2n) is 5.19. The number of hydrogen-bond donors (Lipinski definition) is 1. The molecule has 0 radical (unpaired) electrons. The molecule has 0 saturated heterocycles. The monoisotopic (exact) mass is 345 g/mol. The lowest BCUT2D eigenvalue weighted by Crippen LogP contribution is -2.16. The Balaban J connectivity index is 1.79. The predicted molar refractivity (Wildman–Crippen MR) is 98.3 cm³/mol. The number of anilines is 1. The highest BCUT2D eigenvalue weighted by atomic mass is 32.1. The average molecular weight is 345 g/mol. The summed E-state index contributed by atoms with van der Waals surface area (Å²) in [6.45, 7) is 0. The Morgan fingerprint density at radius 1 is 1.20 bits per heavy atom. The molecule has 6 nitrogen and oxygen atoms in total. The number of pyridine rings is 1. The van der Waals surface area contributed by atoms with Gasteiger partial charge in [-0.05, 0) is 24.3 Å². The maximum atomic E-state index is 12.8. The molecule has 4 aromatic rings. The standard InChI is InChI=1S/C18H11N5OS/c19-9-12(13-5-3-4-8-20-13)10-21-14-11-22-18-23(17(14)24)15-6-1-2-7-16(15)25-18/h1-8,10-11,21H/b12-10+. The van der Waals surface area contributed by atoms with E-state index in [9.17, 15) is 10.1 Å². The molecule has 3 heterocycles. The van der Waals surface area contributed by atoms with Crippen molar-refractivity contribution in [3.63, 3.8) is 0 Å². The van der Waals surface area contributed by atoms with E-state index in [0.29, 0.717) is 21.9 Å². The summed E-state index contributed by atoms with van der Waals surface area (Å²) < 4.78 is 2.56. The van der Waals surface area contributed by atoms with Gasteiger partial charge in [0.05, 0.1) is 27.7 Å². The van der Waals surface area contributed by atoms with Gasteiger partial charge in [-0.2, -0.15) is 5.26 Å². The molecule has 1 aromatic carbocycles. The number of nitrogens with zero attached hydrogens (tertiary/aromatic N) is 4. The van der Waals surface area contributed by atoms with Crippen LogP contribution in [-0.4, -0.2) is 14.4 Å². The van der Waals surface area contributed by atoms with Crippen LogP contribution in [0.15, 0.2) is 65.9 Å². The SMILES string of the molecule is N#C/C(=C\Nc1cnc2sc3ccccc3n2c1=O)c1ccccn1. The van der Waals surface area contributed by atoms with Gasteiger partial charge in [0.15, 0.2) is 4.96 Å². The fourth-order valence-electron chi connectivity index (χ4n) is 2.49. The summed E-state index contributed by atoms with van der Waals surface area (Å²) in [6, 6.07) is 15.0. The third-order valence-electron chi connectivity index (χ3n) is 3.67. The van der Waals surface area contributed by atoms with Crippen molar-refractivity contribution in [2.45, 2.75) is 0 Å². The van der Waals surface area contributed by atoms with Gasteiger partial charge in [-0.25, -0.2) is 9.38 Å². The number of benzene rings is 1. The van der Waals surface area contributed by atoms with Crippen LogP contribution in [0.5, 0.6) is 0 Å². The molecular formula is C18H11N5OS. The summed E-state index contributed by atoms with van der Waals surface area (Å²) in [5.74, 6) is 0. The Labute approximate surface area is 146 Å². The molecule has 0 saturated carbocycles. The molecule has 7 heteroatoms. The van der Waals surface area contributed by atoms with Crippen LogP contribution in [0.2, 0.25) is 0 Å². The number of aromatic nitrogens is 3. The fraction of sp³-hybridized carbons (Fsp3) is 0. The zero-order valence-corrected chi connectivity index (χ0v) is 13.7. The summed E-state index contributed by atoms with van der Waals surface area (Å²) in [4.78, 5) is 21.9. The van der Waals surface area contributed by atoms with E-state index in [4.69, 9.17) is 0 Å². The van der Waals surface area contributed by atoms with Crippen LogP contribution in [0.3, 0.4) is 0 Å². The highest BCUT2D eigenvalue weighted by Gasteiger charge is 2.10. The fourth-order valence-corrected chi connectivity index (χ4v) is 3.47. The van der Waals surface area contributed by atoms with Gasteiger partial charge in [0.1, 0.15) is 11.8 Å². The Morgan fingerprint density at radius 2 is 2.04 bits per heavy atom. The second-order valence-corrected chi connectivity index (χ2v) is 6.20. The lowest BCUT2D eigenvalue weighted by molar-refractivity contribution is 1.12. The van der Waals surface area contributed by atoms with Crippen molar-refractivity contribution in [1.82, 2.24) is 14.4 Å². The van der Waals surface area contributed by atoms with Gasteiger partial charge < -0.3 is 5.32 Å². The van der Waals surface area contributed by atoms with Gasteiger partial charge in [-0.15, -0.1) is 0 Å². The Hall–Kier alpha value is -3.50. The first-order valence-corrected chi connectivity index (χ1v) is 8.27. The number of nitrogens with one attached hydrogen (secondary N) is 1. The molecule has 3 aromatic heterocycles. The summed E-state index contributed by atoms with van der Waals surface area (Å²) in [5, 5.41) is 12.2. The first-order valence-electron chi connectivity index (χ1n) is 7.45. The number of thiazole rings is 1. The Morgan fingerprint density at radius 3 is 2.84 bits per heavy atom. The molecule has 4 rings (SSSR count). The topological polar surface area (TPSA) is 83.1 Å². The first kappa shape index (κ1) is 15.1. The van der Waals surface area contributed by atoms with Crippen molar-refractivity contribution in [2.24, 2.45) is 0 Å². The molecule has 25 heavy (non-hydrogen) atoms. The first-order chi connectivity index (χ1) is 12.3. The van der Waals surface area contributed by atoms with Gasteiger partial charge in [0.2, 0.25) is 0 Å². The third-order valence-corrected chi connectivity index (χ3v) is 4.71. The summed E-state index contributed by atoms with van der Waals surface area (Å²) >= 11 is 1.46. The number of para-hydroxylation sites is 1. The maximum absolute atomic E-state index is 12.8. The lowest BCUT2D eigenvalue weighted by atomic mass is 10.2. The minimum Gasteiger partial charge on any atom is -0.355 e. The van der Waals surface area contributed by atoms with Gasteiger partial charge in [0, 0.05) is 12.4 Å². The van der Waals surface area contributed by atoms with E-state index in [1.807, 2.05) is 24.3 Å². The molecular weight excluding hydrogens is 334 g/mol. The number of allylic oxidation sites excluding steroid dienone is 1. The largest absolute Gasteiger partial charge is 0.355 e. The zero-order chi connectivity index (χ0) is 17.2. The van der Waals surface area contributed by atoms with Crippen molar-refractivity contribution in [2.75, 3.05) is 5.32 Å². The summed E-state index contributed by atoms with van der Waals surface area (Å²) in [7, 11) is 0. The average Bonchev–Trinajstić information content (AvgIpc) is 3.04. The molecule has 0 spiro atoms. The molecule has 0 aliphatic carbocycles. The predicted octanol–water partition coefficient (Wildman–Crippen LogP) is 3.28. The zero-order valence-electron chi connectivity index (χ0n) is 12.9. The van der Waals surface area contributed by atoms with Crippen LogP contribution in [-0.2, 0) is 0 Å². The number of rotatable bonds is 3. The smallest absolute Gasteiger partial charge is 0.282 e. The van der Waals surface area contributed by atoms with Gasteiger partial charge in [-0.1, -0.05) is 29.5 Å². The minimum atomic E-state index is -0.211. The van der Waals surface area contributed by atoms with Crippen molar-refractivity contribution in [1.29, 1.82) is 5.26 Å². The number of hydrogen-bond acceptors (Lipinski definition) is 6. The van der Waals surface area contributed by atoms with E-state index >= 15 is 0 Å². The highest BCUT2D eigenvalue weighted by molar-refractivity contribution is 7.23. The van der Waals surface area contributed by atoms with Crippen molar-refractivity contribution in [3.8, 4) is 6.07 Å². The van der Waals surface area contributed by atoms with Gasteiger partial charge in [-0.3, -0.25) is 9.78 Å². The minimum absolute atomic E-state index is 0.211. The number of fused-ring (bicyclic) bond motifs is 3. The van der Waals surface area contributed by atoms with E-state index in [0.717, 1.165) is 10.2 Å². The normalized spacial score (nSPS) is 11.6. The number of nitriles is 1. The Kier molecular flexibility index (Phi) is 3.72. The molecule has 1 N–H and O–H groups in total. The van der Waals surface area contributed by atoms with Gasteiger partial charge >= 0.3 is 0 Å². The van der Waals surface area contributed by atoms with E-state index < -0.39 is 0 Å². The third kappa shape index (κ3) is 2.65. The Bertz CT molecular complexity index is 1200. The maximum Gasteiger partial charge on any atom is 0.282 e. The van der Waals surface area contributed by atoms with Crippen LogP contribution < -0.4 is 10.9 Å². The quantitative estimate of drug-likeness (QED) is 0.576. The van der Waals surface area contributed by atoms with Crippen LogP contribution in [0, 0.1) is 11.3 Å². The molecule has 0 unspecified atom stereocenters. The molecule has 0 fully saturated rings. The van der Waals surface area contributed by atoms with E-state index in [-0.39, 0.29) is 5.56 Å². The molecule has 120 valence electrons. The van der Waals surface area contributed by atoms with E-state index in [1.54, 1.807) is 28.8 Å². The molecule has 0 atom stereocenters. The molecule has 0 aliphatic rings. The summed E-state index contributed by atoms with van der Waals surface area (Å²) in [6.07, 6.45) is 4.57.